The molecule has 0 saturated carbocycles. The molecular formula is C22H23ClN4O6. The highest BCUT2D eigenvalue weighted by Crippen LogP contribution is 2.35. The van der Waals surface area contributed by atoms with Crippen molar-refractivity contribution in [2.75, 3.05) is 25.7 Å². The molecule has 0 spiro atoms. The summed E-state index contributed by atoms with van der Waals surface area (Å²) in [6, 6.07) is 9.49. The number of unbranched alkanes of at least 4 members (excludes halogenated alkanes) is 3. The van der Waals surface area contributed by atoms with E-state index in [4.69, 9.17) is 31.5 Å². The van der Waals surface area contributed by atoms with Crippen LogP contribution in [0.4, 0.5) is 5.69 Å². The largest absolute Gasteiger partial charge is 0.463 e. The van der Waals surface area contributed by atoms with Gasteiger partial charge in [0.25, 0.3) is 5.09 Å². The number of nitrogens with zero attached hydrogens (tertiary/aromatic N) is 3. The zero-order valence-electron chi connectivity index (χ0n) is 17.8. The number of rotatable bonds is 11. The third-order valence-electron chi connectivity index (χ3n) is 5.18. The van der Waals surface area contributed by atoms with E-state index in [1.807, 2.05) is 18.2 Å². The van der Waals surface area contributed by atoms with Gasteiger partial charge in [0, 0.05) is 11.8 Å². The molecule has 0 fully saturated rings. The lowest BCUT2D eigenvalue weighted by Gasteiger charge is -2.12. The van der Waals surface area contributed by atoms with Crippen molar-refractivity contribution in [1.29, 1.82) is 0 Å². The summed E-state index contributed by atoms with van der Waals surface area (Å²) in [6.45, 7) is 0.738. The van der Waals surface area contributed by atoms with Gasteiger partial charge in [-0.2, -0.15) is 9.97 Å². The highest BCUT2D eigenvalue weighted by Gasteiger charge is 2.17. The minimum atomic E-state index is -0.777. The molecule has 0 atom stereocenters. The van der Waals surface area contributed by atoms with Gasteiger partial charge in [0.2, 0.25) is 6.79 Å². The molecule has 2 aromatic carbocycles. The van der Waals surface area contributed by atoms with Gasteiger partial charge in [-0.05, 0) is 49.1 Å². The molecule has 2 N–H and O–H groups in total. The molecule has 33 heavy (non-hydrogen) atoms. The van der Waals surface area contributed by atoms with Gasteiger partial charge in [-0.1, -0.05) is 24.1 Å². The maximum Gasteiger partial charge on any atom is 0.317 e. The first-order valence-electron chi connectivity index (χ1n) is 10.5. The van der Waals surface area contributed by atoms with Crippen molar-refractivity contribution in [3.05, 3.63) is 56.7 Å². The van der Waals surface area contributed by atoms with E-state index in [1.54, 1.807) is 12.1 Å². The maximum atomic E-state index is 10.1. The molecule has 2 heterocycles. The fourth-order valence-electron chi connectivity index (χ4n) is 3.58. The van der Waals surface area contributed by atoms with Crippen molar-refractivity contribution in [3.8, 4) is 17.5 Å². The van der Waals surface area contributed by atoms with Crippen molar-refractivity contribution >= 4 is 28.2 Å². The fourth-order valence-corrected chi connectivity index (χ4v) is 3.73. The number of fused-ring (bicyclic) bond motifs is 2. The van der Waals surface area contributed by atoms with E-state index >= 15 is 0 Å². The highest BCUT2D eigenvalue weighted by molar-refractivity contribution is 6.34. The second-order valence-corrected chi connectivity index (χ2v) is 7.90. The van der Waals surface area contributed by atoms with Crippen LogP contribution in [0, 0.1) is 10.1 Å². The average Bonchev–Trinajstić information content (AvgIpc) is 3.26. The van der Waals surface area contributed by atoms with Crippen molar-refractivity contribution in [2.24, 2.45) is 0 Å². The van der Waals surface area contributed by atoms with Crippen LogP contribution in [0.5, 0.6) is 17.5 Å². The first-order chi connectivity index (χ1) is 16.0. The number of nitrogens with two attached hydrogens (primary N) is 1. The molecule has 0 amide bonds. The molecule has 0 radical (unpaired) electrons. The molecule has 11 heteroatoms. The molecular weight excluding hydrogens is 452 g/mol. The smallest absolute Gasteiger partial charge is 0.317 e. The topological polar surface area (TPSA) is 132 Å². The molecule has 0 saturated heterocycles. The Morgan fingerprint density at radius 3 is 2.67 bits per heavy atom. The van der Waals surface area contributed by atoms with Gasteiger partial charge in [-0.3, -0.25) is 0 Å². The van der Waals surface area contributed by atoms with E-state index in [0.29, 0.717) is 58.3 Å². The molecule has 0 aliphatic carbocycles. The zero-order chi connectivity index (χ0) is 23.2. The summed E-state index contributed by atoms with van der Waals surface area (Å²) in [5, 5.41) is 10.5. The summed E-state index contributed by atoms with van der Waals surface area (Å²) in [5.41, 5.74) is 9.01. The van der Waals surface area contributed by atoms with Crippen molar-refractivity contribution < 1.29 is 24.1 Å². The quantitative estimate of drug-likeness (QED) is 0.186. The summed E-state index contributed by atoms with van der Waals surface area (Å²) >= 11 is 6.26. The number of aromatic nitrogens is 2. The molecule has 0 unspecified atom stereocenters. The van der Waals surface area contributed by atoms with Gasteiger partial charge in [0.05, 0.1) is 35.1 Å². The lowest BCUT2D eigenvalue weighted by atomic mass is 10.0. The van der Waals surface area contributed by atoms with Crippen molar-refractivity contribution in [2.45, 2.75) is 32.1 Å². The van der Waals surface area contributed by atoms with E-state index < -0.39 is 5.09 Å². The number of hydrogen-bond acceptors (Lipinski definition) is 9. The van der Waals surface area contributed by atoms with Crippen LogP contribution < -0.4 is 19.9 Å². The van der Waals surface area contributed by atoms with Crippen LogP contribution in [-0.4, -0.2) is 35.1 Å². The first-order valence-corrected chi connectivity index (χ1v) is 10.9. The predicted molar refractivity (Wildman–Crippen MR) is 121 cm³/mol. The summed E-state index contributed by atoms with van der Waals surface area (Å²) in [6.07, 6.45) is 3.52. The van der Waals surface area contributed by atoms with Crippen LogP contribution in [-0.2, 0) is 11.3 Å². The molecule has 1 aliphatic heterocycles. The Bertz CT molecular complexity index is 1160. The lowest BCUT2D eigenvalue weighted by Crippen LogP contribution is -2.06. The van der Waals surface area contributed by atoms with Crippen LogP contribution in [0.15, 0.2) is 30.3 Å². The second-order valence-electron chi connectivity index (χ2n) is 7.49. The van der Waals surface area contributed by atoms with E-state index in [2.05, 4.69) is 14.8 Å². The number of ether oxygens (including phenoxy) is 3. The molecule has 1 aromatic heterocycles. The zero-order valence-corrected chi connectivity index (χ0v) is 18.5. The van der Waals surface area contributed by atoms with Crippen molar-refractivity contribution in [3.63, 3.8) is 0 Å². The Morgan fingerprint density at radius 1 is 1.06 bits per heavy atom. The fraction of sp³-hybridized carbons (Fsp3) is 0.364. The Labute approximate surface area is 194 Å². The summed E-state index contributed by atoms with van der Waals surface area (Å²) < 4.78 is 16.7. The van der Waals surface area contributed by atoms with Crippen molar-refractivity contribution in [1.82, 2.24) is 9.97 Å². The normalized spacial score (nSPS) is 12.2. The van der Waals surface area contributed by atoms with E-state index in [0.717, 1.165) is 24.8 Å². The van der Waals surface area contributed by atoms with E-state index in [1.165, 1.54) is 0 Å². The molecule has 10 nitrogen and oxygen atoms in total. The number of halogens is 1. The van der Waals surface area contributed by atoms with Crippen LogP contribution in [0.3, 0.4) is 0 Å². The van der Waals surface area contributed by atoms with E-state index in [9.17, 15) is 10.1 Å². The molecule has 4 rings (SSSR count). The average molecular weight is 475 g/mol. The molecule has 1 aliphatic rings. The maximum absolute atomic E-state index is 10.1. The number of nitrogen functional groups attached to an aromatic ring is 1. The van der Waals surface area contributed by atoms with Crippen LogP contribution in [0.1, 0.15) is 36.9 Å². The Morgan fingerprint density at radius 2 is 1.85 bits per heavy atom. The summed E-state index contributed by atoms with van der Waals surface area (Å²) in [7, 11) is 0. The van der Waals surface area contributed by atoms with Gasteiger partial charge < -0.3 is 24.8 Å². The minimum Gasteiger partial charge on any atom is -0.463 e. The third-order valence-corrected chi connectivity index (χ3v) is 5.51. The van der Waals surface area contributed by atoms with Crippen LogP contribution in [0.25, 0.3) is 10.9 Å². The van der Waals surface area contributed by atoms with Gasteiger partial charge in [0.1, 0.15) is 0 Å². The Balaban J connectivity index is 1.46. The Kier molecular flexibility index (Phi) is 7.13. The minimum absolute atomic E-state index is 0.106. The van der Waals surface area contributed by atoms with E-state index in [-0.39, 0.29) is 19.4 Å². The second kappa shape index (κ2) is 10.4. The predicted octanol–water partition coefficient (Wildman–Crippen LogP) is 4.33. The highest BCUT2D eigenvalue weighted by atomic mass is 35.5. The van der Waals surface area contributed by atoms with Gasteiger partial charge in [0.15, 0.2) is 11.5 Å². The molecule has 174 valence electrons. The SMILES string of the molecule is Nc1c(Cl)ccc2nc(OCCCCCCO[N+](=O)[O-])nc(Cc3ccc4c(c3)OCO4)c12. The third kappa shape index (κ3) is 5.64. The van der Waals surface area contributed by atoms with Crippen LogP contribution >= 0.6 is 11.6 Å². The standard InChI is InChI=1S/C22H23ClN4O6/c23-15-6-7-16-20(21(15)24)17(11-14-5-8-18-19(12-14)32-13-31-18)26-22(25-16)30-9-3-1-2-4-10-33-27(28)29/h5-8,12H,1-4,9-11,13,24H2. The van der Waals surface area contributed by atoms with Crippen LogP contribution in [0.2, 0.25) is 5.02 Å². The summed E-state index contributed by atoms with van der Waals surface area (Å²) in [4.78, 5) is 23.6. The number of anilines is 1. The number of benzene rings is 2. The molecule has 3 aromatic rings. The van der Waals surface area contributed by atoms with Gasteiger partial charge in [-0.25, -0.2) is 0 Å². The van der Waals surface area contributed by atoms with Gasteiger partial charge >= 0.3 is 6.01 Å². The monoisotopic (exact) mass is 474 g/mol. The summed E-state index contributed by atoms with van der Waals surface area (Å²) in [5.74, 6) is 1.40. The molecule has 0 bridgehead atoms. The number of hydrogen-bond donors (Lipinski definition) is 1. The van der Waals surface area contributed by atoms with Gasteiger partial charge in [-0.15, -0.1) is 10.1 Å². The first kappa shape index (κ1) is 22.7. The Hall–Kier alpha value is -3.53. The lowest BCUT2D eigenvalue weighted by molar-refractivity contribution is -0.757.